The largest absolute Gasteiger partial charge is 0.347 e. The second-order valence-electron chi connectivity index (χ2n) is 7.85. The van der Waals surface area contributed by atoms with E-state index in [0.29, 0.717) is 36.4 Å². The standard InChI is InChI=1S/C19H21F2N7O2/c1-25-17-11(4-3-7-22-17)14(23-25)10-27-19(30)28-15(5-2-6-16(28)24-27)18(29)26-8-12(20)13(21)9-26/h3-4,7,12-13,15H,2,5-6,8-10H2,1H3/t12-,13+,15-/m0/s1. The summed E-state index contributed by atoms with van der Waals surface area (Å²) in [5, 5.41) is 9.71. The van der Waals surface area contributed by atoms with Crippen LogP contribution in [0.5, 0.6) is 0 Å². The normalized spacial score (nSPS) is 23.8. The van der Waals surface area contributed by atoms with Crippen molar-refractivity contribution >= 4 is 16.9 Å². The lowest BCUT2D eigenvalue weighted by Crippen LogP contribution is -2.42. The summed E-state index contributed by atoms with van der Waals surface area (Å²) in [6.07, 6.45) is 0.0000121. The van der Waals surface area contributed by atoms with Gasteiger partial charge in [0.05, 0.1) is 25.3 Å². The van der Waals surface area contributed by atoms with Crippen molar-refractivity contribution in [3.8, 4) is 0 Å². The van der Waals surface area contributed by atoms with Gasteiger partial charge in [0.15, 0.2) is 18.0 Å². The van der Waals surface area contributed by atoms with Gasteiger partial charge in [0.25, 0.3) is 0 Å². The van der Waals surface area contributed by atoms with Gasteiger partial charge in [-0.2, -0.15) is 10.2 Å². The van der Waals surface area contributed by atoms with Crippen molar-refractivity contribution in [3.63, 3.8) is 0 Å². The number of pyridine rings is 1. The molecule has 3 atom stereocenters. The van der Waals surface area contributed by atoms with Crippen LogP contribution in [-0.4, -0.2) is 65.4 Å². The quantitative estimate of drug-likeness (QED) is 0.628. The van der Waals surface area contributed by atoms with Gasteiger partial charge in [-0.3, -0.25) is 14.0 Å². The Morgan fingerprint density at radius 1 is 1.23 bits per heavy atom. The lowest BCUT2D eigenvalue weighted by atomic mass is 10.0. The molecule has 3 aromatic heterocycles. The Hall–Kier alpha value is -3.11. The summed E-state index contributed by atoms with van der Waals surface area (Å²) in [5.41, 5.74) is 0.938. The monoisotopic (exact) mass is 417 g/mol. The average molecular weight is 417 g/mol. The minimum Gasteiger partial charge on any atom is -0.335 e. The average Bonchev–Trinajstić information content (AvgIpc) is 3.36. The van der Waals surface area contributed by atoms with Crippen LogP contribution < -0.4 is 5.69 Å². The van der Waals surface area contributed by atoms with Gasteiger partial charge < -0.3 is 4.90 Å². The molecule has 1 amide bonds. The van der Waals surface area contributed by atoms with Crippen LogP contribution in [0.1, 0.15) is 30.4 Å². The van der Waals surface area contributed by atoms with Gasteiger partial charge in [-0.1, -0.05) is 0 Å². The second kappa shape index (κ2) is 6.99. The maximum atomic E-state index is 13.6. The Morgan fingerprint density at radius 2 is 2.00 bits per heavy atom. The molecule has 9 nitrogen and oxygen atoms in total. The van der Waals surface area contributed by atoms with Crippen LogP contribution in [0.25, 0.3) is 11.0 Å². The van der Waals surface area contributed by atoms with Crippen molar-refractivity contribution in [3.05, 3.63) is 40.3 Å². The maximum Gasteiger partial charge on any atom is 0.347 e. The van der Waals surface area contributed by atoms with Gasteiger partial charge in [0.2, 0.25) is 5.91 Å². The molecule has 0 radical (unpaired) electrons. The zero-order valence-electron chi connectivity index (χ0n) is 16.4. The highest BCUT2D eigenvalue weighted by atomic mass is 19.2. The first-order chi connectivity index (χ1) is 14.4. The summed E-state index contributed by atoms with van der Waals surface area (Å²) < 4.78 is 31.5. The van der Waals surface area contributed by atoms with E-state index in [9.17, 15) is 18.4 Å². The van der Waals surface area contributed by atoms with Gasteiger partial charge in [0.1, 0.15) is 11.9 Å². The number of rotatable bonds is 3. The van der Waals surface area contributed by atoms with Crippen LogP contribution in [-0.2, 0) is 24.8 Å². The highest BCUT2D eigenvalue weighted by Gasteiger charge is 2.40. The van der Waals surface area contributed by atoms with Crippen LogP contribution in [0.4, 0.5) is 8.78 Å². The van der Waals surface area contributed by atoms with Gasteiger partial charge in [-0.05, 0) is 25.0 Å². The molecule has 158 valence electrons. The topological polar surface area (TPSA) is 90.8 Å². The number of carbonyl (C=O) groups excluding carboxylic acids is 1. The number of hydrogen-bond donors (Lipinski definition) is 0. The molecular weight excluding hydrogens is 396 g/mol. The lowest BCUT2D eigenvalue weighted by Gasteiger charge is -2.26. The number of alkyl halides is 2. The number of carbonyl (C=O) groups is 1. The molecule has 3 aromatic rings. The van der Waals surface area contributed by atoms with E-state index in [1.807, 2.05) is 6.07 Å². The van der Waals surface area contributed by atoms with E-state index in [1.54, 1.807) is 24.0 Å². The first-order valence-corrected chi connectivity index (χ1v) is 9.96. The molecule has 0 aliphatic carbocycles. The molecule has 0 spiro atoms. The molecule has 0 aromatic carbocycles. The summed E-state index contributed by atoms with van der Waals surface area (Å²) in [5.74, 6) is 0.0867. The van der Waals surface area contributed by atoms with E-state index in [-0.39, 0.29) is 19.6 Å². The number of amides is 1. The molecule has 1 fully saturated rings. The molecule has 5 rings (SSSR count). The number of hydrogen-bond acceptors (Lipinski definition) is 5. The Morgan fingerprint density at radius 3 is 2.77 bits per heavy atom. The van der Waals surface area contributed by atoms with Crippen LogP contribution in [0.2, 0.25) is 0 Å². The van der Waals surface area contributed by atoms with Crippen LogP contribution in [0.15, 0.2) is 23.1 Å². The molecule has 30 heavy (non-hydrogen) atoms. The van der Waals surface area contributed by atoms with E-state index in [1.165, 1.54) is 14.1 Å². The van der Waals surface area contributed by atoms with E-state index in [0.717, 1.165) is 5.39 Å². The van der Waals surface area contributed by atoms with E-state index in [2.05, 4.69) is 15.2 Å². The van der Waals surface area contributed by atoms with Gasteiger partial charge >= 0.3 is 5.69 Å². The molecular formula is C19H21F2N7O2. The number of likely N-dealkylation sites (tertiary alicyclic amines) is 1. The highest BCUT2D eigenvalue weighted by molar-refractivity contribution is 5.81. The molecule has 0 unspecified atom stereocenters. The molecule has 0 saturated carbocycles. The zero-order chi connectivity index (χ0) is 21.0. The minimum atomic E-state index is -1.68. The van der Waals surface area contributed by atoms with E-state index in [4.69, 9.17) is 0 Å². The molecule has 1 saturated heterocycles. The Kier molecular flexibility index (Phi) is 4.40. The molecule has 2 aliphatic heterocycles. The van der Waals surface area contributed by atoms with Gasteiger partial charge in [0, 0.05) is 25.1 Å². The number of aromatic nitrogens is 6. The Labute approximate surface area is 169 Å². The smallest absolute Gasteiger partial charge is 0.335 e. The van der Waals surface area contributed by atoms with E-state index >= 15 is 0 Å². The van der Waals surface area contributed by atoms with Crippen molar-refractivity contribution in [1.82, 2.24) is 34.0 Å². The third kappa shape index (κ3) is 2.91. The third-order valence-corrected chi connectivity index (χ3v) is 5.88. The Bertz CT molecular complexity index is 1170. The summed E-state index contributed by atoms with van der Waals surface area (Å²) in [7, 11) is 1.78. The third-order valence-electron chi connectivity index (χ3n) is 5.88. The Balaban J connectivity index is 1.48. The number of nitrogens with zero attached hydrogens (tertiary/aromatic N) is 7. The van der Waals surface area contributed by atoms with Crippen molar-refractivity contribution in [1.29, 1.82) is 0 Å². The van der Waals surface area contributed by atoms with Gasteiger partial charge in [-0.25, -0.2) is 23.2 Å². The summed E-state index contributed by atoms with van der Waals surface area (Å²) in [6, 6.07) is 2.90. The van der Waals surface area contributed by atoms with Crippen molar-refractivity contribution in [2.45, 2.75) is 44.2 Å². The molecule has 2 aliphatic rings. The van der Waals surface area contributed by atoms with Crippen molar-refractivity contribution in [2.75, 3.05) is 13.1 Å². The predicted molar refractivity (Wildman–Crippen MR) is 102 cm³/mol. The SMILES string of the molecule is Cn1nc(Cn2nc3n(c2=O)[C@H](C(=O)N2C[C@@H](F)[C@@H](F)C2)CCC3)c2cccnc21. The number of halogens is 2. The second-order valence-corrected chi connectivity index (χ2v) is 7.85. The first-order valence-electron chi connectivity index (χ1n) is 9.96. The molecule has 0 bridgehead atoms. The summed E-state index contributed by atoms with van der Waals surface area (Å²) in [6.45, 7) is -0.408. The zero-order valence-corrected chi connectivity index (χ0v) is 16.4. The molecule has 0 N–H and O–H groups in total. The number of aryl methyl sites for hydroxylation is 2. The van der Waals surface area contributed by atoms with Crippen LogP contribution in [0.3, 0.4) is 0 Å². The van der Waals surface area contributed by atoms with E-state index < -0.39 is 30.0 Å². The summed E-state index contributed by atoms with van der Waals surface area (Å²) in [4.78, 5) is 31.5. The fraction of sp³-hybridized carbons (Fsp3) is 0.526. The van der Waals surface area contributed by atoms with Crippen molar-refractivity contribution in [2.24, 2.45) is 7.05 Å². The fourth-order valence-electron chi connectivity index (χ4n) is 4.40. The first kappa shape index (κ1) is 18.9. The van der Waals surface area contributed by atoms with Crippen LogP contribution in [0, 0.1) is 0 Å². The minimum absolute atomic E-state index is 0.144. The van der Waals surface area contributed by atoms with Crippen molar-refractivity contribution < 1.29 is 13.6 Å². The lowest BCUT2D eigenvalue weighted by molar-refractivity contribution is -0.134. The van der Waals surface area contributed by atoms with Crippen LogP contribution >= 0.6 is 0 Å². The maximum absolute atomic E-state index is 13.6. The summed E-state index contributed by atoms with van der Waals surface area (Å²) >= 11 is 0. The fourth-order valence-corrected chi connectivity index (χ4v) is 4.40. The molecule has 11 heteroatoms. The predicted octanol–water partition coefficient (Wildman–Crippen LogP) is 0.771. The number of fused-ring (bicyclic) bond motifs is 2. The van der Waals surface area contributed by atoms with Gasteiger partial charge in [-0.15, -0.1) is 0 Å². The highest BCUT2D eigenvalue weighted by Crippen LogP contribution is 2.27. The molecule has 5 heterocycles.